The normalized spacial score (nSPS) is 10.9. The Bertz CT molecular complexity index is 1610. The lowest BCUT2D eigenvalue weighted by Gasteiger charge is -2.13. The minimum Gasteiger partial charge on any atom is -0.497 e. The lowest BCUT2D eigenvalue weighted by atomic mass is 10.1. The molecule has 1 amide bonds. The van der Waals surface area contributed by atoms with E-state index in [1.807, 2.05) is 37.3 Å². The summed E-state index contributed by atoms with van der Waals surface area (Å²) < 4.78 is 12.2. The van der Waals surface area contributed by atoms with Crippen molar-refractivity contribution in [1.82, 2.24) is 14.5 Å². The third-order valence-corrected chi connectivity index (χ3v) is 6.80. The van der Waals surface area contributed by atoms with Gasteiger partial charge >= 0.3 is 0 Å². The van der Waals surface area contributed by atoms with Crippen LogP contribution in [0.5, 0.6) is 11.5 Å². The fourth-order valence-corrected chi connectivity index (χ4v) is 4.87. The fourth-order valence-electron chi connectivity index (χ4n) is 4.06. The van der Waals surface area contributed by atoms with Gasteiger partial charge in [-0.2, -0.15) is 0 Å². The first-order valence-electron chi connectivity index (χ1n) is 12.1. The van der Waals surface area contributed by atoms with Crippen molar-refractivity contribution in [2.45, 2.75) is 12.1 Å². The molecule has 3 aromatic carbocycles. The first-order valence-corrected chi connectivity index (χ1v) is 13.1. The van der Waals surface area contributed by atoms with Crippen LogP contribution in [0.25, 0.3) is 27.8 Å². The quantitative estimate of drug-likeness (QED) is 0.194. The fraction of sp³-hybridized carbons (Fsp3) is 0.138. The van der Waals surface area contributed by atoms with Gasteiger partial charge in [-0.15, -0.1) is 0 Å². The molecule has 2 heterocycles. The molecule has 0 spiro atoms. The summed E-state index contributed by atoms with van der Waals surface area (Å²) in [4.78, 5) is 34.5. The van der Waals surface area contributed by atoms with Crippen molar-refractivity contribution >= 4 is 34.4 Å². The van der Waals surface area contributed by atoms with Crippen molar-refractivity contribution < 1.29 is 14.3 Å². The number of carbonyl (C=O) groups is 1. The van der Waals surface area contributed by atoms with Crippen LogP contribution in [-0.2, 0) is 4.79 Å². The maximum absolute atomic E-state index is 13.7. The number of fused-ring (bicyclic) bond motifs is 1. The molecule has 0 radical (unpaired) electrons. The highest BCUT2D eigenvalue weighted by molar-refractivity contribution is 7.99. The molecule has 0 fully saturated rings. The number of benzene rings is 3. The predicted octanol–water partition coefficient (Wildman–Crippen LogP) is 5.52. The van der Waals surface area contributed by atoms with E-state index in [-0.39, 0.29) is 17.2 Å². The van der Waals surface area contributed by atoms with Gasteiger partial charge in [0.05, 0.1) is 25.2 Å². The molecule has 0 bridgehead atoms. The molecule has 8 nitrogen and oxygen atoms in total. The van der Waals surface area contributed by atoms with Gasteiger partial charge in [0.15, 0.2) is 5.16 Å². The molecule has 0 aliphatic carbocycles. The highest BCUT2D eigenvalue weighted by Gasteiger charge is 2.19. The molecule has 0 atom stereocenters. The number of ether oxygens (including phenoxy) is 2. The van der Waals surface area contributed by atoms with Gasteiger partial charge in [0.25, 0.3) is 5.56 Å². The lowest BCUT2D eigenvalue weighted by Crippen LogP contribution is -2.23. The molecular weight excluding hydrogens is 500 g/mol. The average molecular weight is 527 g/mol. The molecule has 0 aliphatic heterocycles. The summed E-state index contributed by atoms with van der Waals surface area (Å²) in [5.74, 6) is 1.26. The van der Waals surface area contributed by atoms with Crippen LogP contribution in [0.3, 0.4) is 0 Å². The number of amides is 1. The third kappa shape index (κ3) is 5.28. The molecule has 5 aromatic rings. The van der Waals surface area contributed by atoms with Gasteiger partial charge in [-0.05, 0) is 61.0 Å². The highest BCUT2D eigenvalue weighted by atomic mass is 32.2. The topological polar surface area (TPSA) is 98.2 Å². The number of rotatable bonds is 9. The van der Waals surface area contributed by atoms with E-state index >= 15 is 0 Å². The summed E-state index contributed by atoms with van der Waals surface area (Å²) in [7, 11) is 1.59. The summed E-state index contributed by atoms with van der Waals surface area (Å²) >= 11 is 1.20. The van der Waals surface area contributed by atoms with E-state index in [1.54, 1.807) is 61.8 Å². The van der Waals surface area contributed by atoms with Crippen molar-refractivity contribution in [3.05, 3.63) is 95.4 Å². The van der Waals surface area contributed by atoms with Gasteiger partial charge in [-0.3, -0.25) is 14.2 Å². The molecule has 5 rings (SSSR count). The standard InChI is InChI=1S/C29H26N4O4S/c1-3-37-23-13-9-20(10-14-23)31-25(34)18-38-29-32-26-24(19-7-5-4-6-8-19)17-30-27(26)28(35)33(29)21-11-15-22(36-2)16-12-21/h4-17,30H,3,18H2,1-2H3,(H,31,34). The van der Waals surface area contributed by atoms with Crippen LogP contribution in [-0.4, -0.2) is 39.9 Å². The van der Waals surface area contributed by atoms with E-state index in [0.717, 1.165) is 16.9 Å². The van der Waals surface area contributed by atoms with Crippen LogP contribution in [0.4, 0.5) is 5.69 Å². The highest BCUT2D eigenvalue weighted by Crippen LogP contribution is 2.29. The van der Waals surface area contributed by atoms with Crippen molar-refractivity contribution in [1.29, 1.82) is 0 Å². The number of methoxy groups -OCH3 is 1. The van der Waals surface area contributed by atoms with Crippen molar-refractivity contribution in [2.24, 2.45) is 0 Å². The minimum atomic E-state index is -0.253. The second kappa shape index (κ2) is 11.3. The third-order valence-electron chi connectivity index (χ3n) is 5.87. The zero-order valence-corrected chi connectivity index (χ0v) is 21.7. The van der Waals surface area contributed by atoms with E-state index in [0.29, 0.717) is 39.9 Å². The summed E-state index contributed by atoms with van der Waals surface area (Å²) in [5.41, 5.74) is 3.74. The van der Waals surface area contributed by atoms with E-state index in [1.165, 1.54) is 16.3 Å². The van der Waals surface area contributed by atoms with Crippen LogP contribution >= 0.6 is 11.8 Å². The monoisotopic (exact) mass is 526 g/mol. The van der Waals surface area contributed by atoms with Crippen LogP contribution in [0.2, 0.25) is 0 Å². The van der Waals surface area contributed by atoms with Gasteiger partial charge in [0.1, 0.15) is 22.5 Å². The number of thioether (sulfide) groups is 1. The molecule has 9 heteroatoms. The predicted molar refractivity (Wildman–Crippen MR) is 151 cm³/mol. The Morgan fingerprint density at radius 2 is 1.71 bits per heavy atom. The second-order valence-electron chi connectivity index (χ2n) is 8.32. The molecule has 0 aliphatic rings. The Labute approximate surface area is 223 Å². The zero-order chi connectivity index (χ0) is 26.5. The van der Waals surface area contributed by atoms with Crippen molar-refractivity contribution in [2.75, 3.05) is 24.8 Å². The Kier molecular flexibility index (Phi) is 7.46. The number of aromatic nitrogens is 3. The Hall–Kier alpha value is -4.50. The van der Waals surface area contributed by atoms with Gasteiger partial charge in [-0.25, -0.2) is 4.98 Å². The van der Waals surface area contributed by atoms with Crippen LogP contribution in [0, 0.1) is 0 Å². The summed E-state index contributed by atoms with van der Waals surface area (Å²) in [6, 6.07) is 24.1. The average Bonchev–Trinajstić information content (AvgIpc) is 3.38. The SMILES string of the molecule is CCOc1ccc(NC(=O)CSc2nc3c(-c4ccccc4)c[nH]c3c(=O)n2-c2ccc(OC)cc2)cc1. The van der Waals surface area contributed by atoms with E-state index < -0.39 is 0 Å². The van der Waals surface area contributed by atoms with Crippen LogP contribution in [0.1, 0.15) is 6.92 Å². The number of aromatic amines is 1. The molecule has 2 N–H and O–H groups in total. The van der Waals surface area contributed by atoms with Gasteiger partial charge < -0.3 is 19.8 Å². The number of carbonyl (C=O) groups excluding carboxylic acids is 1. The first kappa shape index (κ1) is 25.2. The molecule has 0 saturated heterocycles. The minimum absolute atomic E-state index is 0.0619. The molecular formula is C29H26N4O4S. The van der Waals surface area contributed by atoms with E-state index in [9.17, 15) is 9.59 Å². The smallest absolute Gasteiger partial charge is 0.283 e. The molecule has 0 saturated carbocycles. The Balaban J connectivity index is 1.49. The van der Waals surface area contributed by atoms with Gasteiger partial charge in [0, 0.05) is 17.4 Å². The molecule has 38 heavy (non-hydrogen) atoms. The number of H-pyrrole nitrogens is 1. The first-order chi connectivity index (χ1) is 18.6. The largest absolute Gasteiger partial charge is 0.497 e. The molecule has 2 aromatic heterocycles. The second-order valence-corrected chi connectivity index (χ2v) is 9.26. The zero-order valence-electron chi connectivity index (χ0n) is 20.9. The van der Waals surface area contributed by atoms with Crippen molar-refractivity contribution in [3.63, 3.8) is 0 Å². The van der Waals surface area contributed by atoms with Gasteiger partial charge in [-0.1, -0.05) is 42.1 Å². The summed E-state index contributed by atoms with van der Waals surface area (Å²) in [5, 5.41) is 3.30. The molecule has 192 valence electrons. The van der Waals surface area contributed by atoms with E-state index in [2.05, 4.69) is 10.3 Å². The number of hydrogen-bond acceptors (Lipinski definition) is 6. The lowest BCUT2D eigenvalue weighted by molar-refractivity contribution is -0.113. The van der Waals surface area contributed by atoms with Crippen LogP contribution < -0.4 is 20.3 Å². The Morgan fingerprint density at radius 1 is 1.00 bits per heavy atom. The summed E-state index contributed by atoms with van der Waals surface area (Å²) in [6.45, 7) is 2.49. The van der Waals surface area contributed by atoms with Crippen molar-refractivity contribution in [3.8, 4) is 28.3 Å². The van der Waals surface area contributed by atoms with E-state index in [4.69, 9.17) is 14.5 Å². The maximum atomic E-state index is 13.7. The number of anilines is 1. The Morgan fingerprint density at radius 3 is 2.39 bits per heavy atom. The van der Waals surface area contributed by atoms with Gasteiger partial charge in [0.2, 0.25) is 5.91 Å². The summed E-state index contributed by atoms with van der Waals surface area (Å²) in [6.07, 6.45) is 1.79. The number of nitrogens with one attached hydrogen (secondary N) is 2. The number of hydrogen-bond donors (Lipinski definition) is 2. The maximum Gasteiger partial charge on any atom is 0.283 e. The number of nitrogens with zero attached hydrogens (tertiary/aromatic N) is 2. The van der Waals surface area contributed by atoms with Crippen LogP contribution in [0.15, 0.2) is 95.0 Å². The molecule has 0 unspecified atom stereocenters.